The van der Waals surface area contributed by atoms with Crippen LogP contribution in [-0.2, 0) is 14.4 Å². The Morgan fingerprint density at radius 3 is 2.44 bits per heavy atom. The van der Waals surface area contributed by atoms with E-state index in [4.69, 9.17) is 0 Å². The maximum Gasteiger partial charge on any atom is 0.303 e. The van der Waals surface area contributed by atoms with Crippen molar-refractivity contribution in [3.63, 3.8) is 0 Å². The van der Waals surface area contributed by atoms with E-state index in [9.17, 15) is 19.5 Å². The third kappa shape index (κ3) is 4.53. The van der Waals surface area contributed by atoms with Crippen LogP contribution in [0, 0.1) is 5.92 Å². The predicted octanol–water partition coefficient (Wildman–Crippen LogP) is 2.09. The Kier molecular flexibility index (Phi) is 5.88. The summed E-state index contributed by atoms with van der Waals surface area (Å²) in [6, 6.07) is 9.75. The molecule has 2 aliphatic rings. The number of hydrazone groups is 1. The molecule has 2 amide bonds. The first-order chi connectivity index (χ1) is 13.0. The summed E-state index contributed by atoms with van der Waals surface area (Å²) in [4.78, 5) is 37.3. The number of amides is 2. The smallest absolute Gasteiger partial charge is 0.303 e. The number of piperidine rings is 1. The predicted molar refractivity (Wildman–Crippen MR) is 100 cm³/mol. The van der Waals surface area contributed by atoms with Gasteiger partial charge in [0.2, 0.25) is 5.91 Å². The molecule has 3 rings (SSSR count). The lowest BCUT2D eigenvalue weighted by Crippen LogP contribution is -2.45. The maximum absolute atomic E-state index is 12.7. The monoisotopic (exact) mass is 371 g/mol. The van der Waals surface area contributed by atoms with E-state index >= 15 is 0 Å². The zero-order valence-electron chi connectivity index (χ0n) is 15.5. The van der Waals surface area contributed by atoms with Gasteiger partial charge < -0.3 is 10.0 Å². The second-order valence-corrected chi connectivity index (χ2v) is 7.21. The molecular weight excluding hydrogens is 346 g/mol. The van der Waals surface area contributed by atoms with Crippen molar-refractivity contribution in [2.45, 2.75) is 38.0 Å². The number of rotatable bonds is 5. The van der Waals surface area contributed by atoms with Gasteiger partial charge in [0.25, 0.3) is 5.91 Å². The fourth-order valence-electron chi connectivity index (χ4n) is 3.96. The Morgan fingerprint density at radius 1 is 1.19 bits per heavy atom. The molecule has 0 spiro atoms. The Morgan fingerprint density at radius 2 is 1.85 bits per heavy atom. The van der Waals surface area contributed by atoms with Crippen molar-refractivity contribution < 1.29 is 19.5 Å². The Labute approximate surface area is 158 Å². The molecule has 7 nitrogen and oxygen atoms in total. The minimum Gasteiger partial charge on any atom is -0.481 e. The first kappa shape index (κ1) is 19.1. The van der Waals surface area contributed by atoms with E-state index in [2.05, 4.69) is 5.10 Å². The van der Waals surface area contributed by atoms with Crippen LogP contribution in [0.4, 0.5) is 0 Å². The number of benzene rings is 1. The van der Waals surface area contributed by atoms with E-state index in [0.29, 0.717) is 31.6 Å². The van der Waals surface area contributed by atoms with Gasteiger partial charge in [-0.25, -0.2) is 5.01 Å². The van der Waals surface area contributed by atoms with Crippen LogP contribution >= 0.6 is 0 Å². The van der Waals surface area contributed by atoms with Crippen molar-refractivity contribution in [3.8, 4) is 0 Å². The molecule has 0 radical (unpaired) electrons. The van der Waals surface area contributed by atoms with Crippen LogP contribution in [-0.4, -0.2) is 58.6 Å². The fraction of sp³-hybridized carbons (Fsp3) is 0.500. The Hall–Kier alpha value is -2.70. The van der Waals surface area contributed by atoms with Gasteiger partial charge in [0.15, 0.2) is 0 Å². The SMILES string of the molecule is CN1N=C(C(=O)N2CCC(C(CC(=O)O)c3ccccc3)CC2)CCC1=O. The summed E-state index contributed by atoms with van der Waals surface area (Å²) in [6.45, 7) is 1.17. The number of hydrogen-bond acceptors (Lipinski definition) is 4. The molecule has 144 valence electrons. The van der Waals surface area contributed by atoms with Gasteiger partial charge in [-0.2, -0.15) is 5.10 Å². The lowest BCUT2D eigenvalue weighted by atomic mass is 9.78. The Balaban J connectivity index is 1.65. The summed E-state index contributed by atoms with van der Waals surface area (Å²) >= 11 is 0. The molecule has 0 aliphatic carbocycles. The maximum atomic E-state index is 12.7. The highest BCUT2D eigenvalue weighted by atomic mass is 16.4. The number of aliphatic carboxylic acids is 1. The van der Waals surface area contributed by atoms with Gasteiger partial charge >= 0.3 is 5.97 Å². The highest BCUT2D eigenvalue weighted by Gasteiger charge is 2.33. The molecule has 0 aromatic heterocycles. The molecule has 2 aliphatic heterocycles. The van der Waals surface area contributed by atoms with Crippen LogP contribution in [0.1, 0.15) is 43.6 Å². The summed E-state index contributed by atoms with van der Waals surface area (Å²) in [5, 5.41) is 14.7. The topological polar surface area (TPSA) is 90.3 Å². The fourth-order valence-corrected chi connectivity index (χ4v) is 3.96. The van der Waals surface area contributed by atoms with Crippen molar-refractivity contribution in [2.24, 2.45) is 11.0 Å². The third-order valence-electron chi connectivity index (χ3n) is 5.47. The minimum atomic E-state index is -0.799. The van der Waals surface area contributed by atoms with Crippen LogP contribution in [0.25, 0.3) is 0 Å². The number of likely N-dealkylation sites (tertiary alicyclic amines) is 1. The number of carbonyl (C=O) groups is 3. The molecule has 27 heavy (non-hydrogen) atoms. The minimum absolute atomic E-state index is 0.0447. The molecule has 0 bridgehead atoms. The molecule has 2 heterocycles. The average molecular weight is 371 g/mol. The van der Waals surface area contributed by atoms with E-state index in [1.54, 1.807) is 11.9 Å². The highest BCUT2D eigenvalue weighted by Crippen LogP contribution is 2.35. The number of hydrogen-bond donors (Lipinski definition) is 1. The van der Waals surface area contributed by atoms with Gasteiger partial charge in [0.05, 0.1) is 6.42 Å². The van der Waals surface area contributed by atoms with Crippen molar-refractivity contribution in [3.05, 3.63) is 35.9 Å². The van der Waals surface area contributed by atoms with Crippen molar-refractivity contribution >= 4 is 23.5 Å². The normalized spacial score (nSPS) is 19.6. The third-order valence-corrected chi connectivity index (χ3v) is 5.47. The molecule has 1 N–H and O–H groups in total. The molecule has 1 saturated heterocycles. The molecule has 1 unspecified atom stereocenters. The van der Waals surface area contributed by atoms with Gasteiger partial charge in [-0.3, -0.25) is 14.4 Å². The van der Waals surface area contributed by atoms with Crippen molar-refractivity contribution in [1.29, 1.82) is 0 Å². The van der Waals surface area contributed by atoms with Crippen LogP contribution < -0.4 is 0 Å². The van der Waals surface area contributed by atoms with Gasteiger partial charge in [-0.1, -0.05) is 30.3 Å². The van der Waals surface area contributed by atoms with Gasteiger partial charge in [0, 0.05) is 33.0 Å². The zero-order chi connectivity index (χ0) is 19.4. The summed E-state index contributed by atoms with van der Waals surface area (Å²) in [5.41, 5.74) is 1.47. The molecule has 1 atom stereocenters. The molecule has 1 aromatic rings. The average Bonchev–Trinajstić information content (AvgIpc) is 2.68. The molecule has 7 heteroatoms. The van der Waals surface area contributed by atoms with E-state index in [1.807, 2.05) is 30.3 Å². The van der Waals surface area contributed by atoms with E-state index in [-0.39, 0.29) is 30.1 Å². The summed E-state index contributed by atoms with van der Waals surface area (Å²) in [7, 11) is 1.57. The number of nitrogens with zero attached hydrogens (tertiary/aromatic N) is 3. The summed E-state index contributed by atoms with van der Waals surface area (Å²) in [5.74, 6) is -0.805. The van der Waals surface area contributed by atoms with Gasteiger partial charge in [-0.05, 0) is 30.2 Å². The highest BCUT2D eigenvalue weighted by molar-refractivity contribution is 6.39. The summed E-state index contributed by atoms with van der Waals surface area (Å²) in [6.07, 6.45) is 2.32. The van der Waals surface area contributed by atoms with E-state index in [1.165, 1.54) is 5.01 Å². The molecular formula is C20H25N3O4. The first-order valence-electron chi connectivity index (χ1n) is 9.35. The van der Waals surface area contributed by atoms with E-state index in [0.717, 1.165) is 18.4 Å². The molecule has 1 fully saturated rings. The number of carboxylic acids is 1. The lowest BCUT2D eigenvalue weighted by molar-refractivity contribution is -0.138. The lowest BCUT2D eigenvalue weighted by Gasteiger charge is -2.36. The molecule has 1 aromatic carbocycles. The van der Waals surface area contributed by atoms with Crippen LogP contribution in [0.5, 0.6) is 0 Å². The van der Waals surface area contributed by atoms with Crippen LogP contribution in [0.3, 0.4) is 0 Å². The number of carboxylic acid groups (broad SMARTS) is 1. The second kappa shape index (κ2) is 8.33. The molecule has 0 saturated carbocycles. The van der Waals surface area contributed by atoms with Crippen LogP contribution in [0.2, 0.25) is 0 Å². The Bertz CT molecular complexity index is 739. The quantitative estimate of drug-likeness (QED) is 0.858. The first-order valence-corrected chi connectivity index (χ1v) is 9.35. The van der Waals surface area contributed by atoms with Gasteiger partial charge in [0.1, 0.15) is 5.71 Å². The van der Waals surface area contributed by atoms with Gasteiger partial charge in [-0.15, -0.1) is 0 Å². The number of carbonyl (C=O) groups excluding carboxylic acids is 2. The van der Waals surface area contributed by atoms with Crippen molar-refractivity contribution in [2.75, 3.05) is 20.1 Å². The van der Waals surface area contributed by atoms with Crippen molar-refractivity contribution in [1.82, 2.24) is 9.91 Å². The van der Waals surface area contributed by atoms with Crippen LogP contribution in [0.15, 0.2) is 35.4 Å². The summed E-state index contributed by atoms with van der Waals surface area (Å²) < 4.78 is 0. The zero-order valence-corrected chi connectivity index (χ0v) is 15.5. The second-order valence-electron chi connectivity index (χ2n) is 7.21. The largest absolute Gasteiger partial charge is 0.481 e. The standard InChI is InChI=1S/C20H25N3O4/c1-22-18(24)8-7-17(21-22)20(27)23-11-9-15(10-12-23)16(13-19(25)26)14-5-3-2-4-6-14/h2-6,15-16H,7-13H2,1H3,(H,25,26). The van der Waals surface area contributed by atoms with E-state index < -0.39 is 5.97 Å².